The number of carbonyl (C=O) groups is 2. The molecular formula is C27H23ClF3N3O4. The summed E-state index contributed by atoms with van der Waals surface area (Å²) < 4.78 is 49.5. The van der Waals surface area contributed by atoms with Crippen molar-refractivity contribution in [2.24, 2.45) is 0 Å². The first-order valence-electron chi connectivity index (χ1n) is 11.4. The van der Waals surface area contributed by atoms with Crippen molar-refractivity contribution >= 4 is 29.0 Å². The first-order valence-corrected chi connectivity index (χ1v) is 11.8. The van der Waals surface area contributed by atoms with Gasteiger partial charge in [-0.2, -0.15) is 18.4 Å². The van der Waals surface area contributed by atoms with Crippen molar-refractivity contribution in [2.45, 2.75) is 25.9 Å². The molecule has 2 aromatic carbocycles. The molecule has 0 aliphatic carbocycles. The van der Waals surface area contributed by atoms with Gasteiger partial charge in [0.05, 0.1) is 37.6 Å². The van der Waals surface area contributed by atoms with Gasteiger partial charge < -0.3 is 14.8 Å². The summed E-state index contributed by atoms with van der Waals surface area (Å²) in [7, 11) is 1.31. The third kappa shape index (κ3) is 7.01. The van der Waals surface area contributed by atoms with Crippen LogP contribution < -0.4 is 10.1 Å². The summed E-state index contributed by atoms with van der Waals surface area (Å²) in [4.78, 5) is 27.7. The minimum Gasteiger partial charge on any atom is -0.491 e. The molecule has 0 saturated carbocycles. The summed E-state index contributed by atoms with van der Waals surface area (Å²) >= 11 is 6.27. The number of benzene rings is 2. The zero-order valence-electron chi connectivity index (χ0n) is 20.5. The fraction of sp³-hybridized carbons (Fsp3) is 0.259. The minimum atomic E-state index is -4.71. The highest BCUT2D eigenvalue weighted by Crippen LogP contribution is 2.35. The van der Waals surface area contributed by atoms with Crippen molar-refractivity contribution in [3.8, 4) is 22.9 Å². The average molecular weight is 546 g/mol. The van der Waals surface area contributed by atoms with Gasteiger partial charge in [-0.15, -0.1) is 0 Å². The Balaban J connectivity index is 1.78. The predicted octanol–water partition coefficient (Wildman–Crippen LogP) is 6.23. The van der Waals surface area contributed by atoms with Gasteiger partial charge in [0.1, 0.15) is 11.4 Å². The summed E-state index contributed by atoms with van der Waals surface area (Å²) in [6, 6.07) is 12.1. The molecule has 0 unspecified atom stereocenters. The lowest BCUT2D eigenvalue weighted by Gasteiger charge is -2.16. The smallest absolute Gasteiger partial charge is 0.433 e. The van der Waals surface area contributed by atoms with Crippen LogP contribution in [0.2, 0.25) is 5.02 Å². The molecule has 1 heterocycles. The number of aromatic nitrogens is 1. The molecule has 1 N–H and O–H groups in total. The molecule has 0 radical (unpaired) electrons. The molecule has 0 spiro atoms. The molecule has 0 aliphatic rings. The van der Waals surface area contributed by atoms with E-state index in [1.54, 1.807) is 18.2 Å². The SMILES string of the molecule is COC(=O)CCCOc1cccc(C)c1NCC(=O)c1ccc(Cl)c(-c2cnc(C(F)(F)F)cc2C#N)c1. The van der Waals surface area contributed by atoms with E-state index < -0.39 is 11.9 Å². The Bertz CT molecular complexity index is 1390. The Labute approximate surface area is 222 Å². The molecule has 3 aromatic rings. The zero-order valence-corrected chi connectivity index (χ0v) is 21.2. The van der Waals surface area contributed by atoms with Crippen LogP contribution in [0.5, 0.6) is 5.75 Å². The molecule has 11 heteroatoms. The van der Waals surface area contributed by atoms with E-state index in [1.807, 2.05) is 13.0 Å². The summed E-state index contributed by atoms with van der Waals surface area (Å²) in [5.41, 5.74) is 0.476. The number of nitriles is 1. The largest absolute Gasteiger partial charge is 0.491 e. The van der Waals surface area contributed by atoms with Gasteiger partial charge in [0.25, 0.3) is 0 Å². The molecule has 0 saturated heterocycles. The first kappa shape index (κ1) is 28.5. The summed E-state index contributed by atoms with van der Waals surface area (Å²) in [6.07, 6.45) is -3.12. The lowest BCUT2D eigenvalue weighted by Crippen LogP contribution is -2.16. The van der Waals surface area contributed by atoms with E-state index in [9.17, 15) is 28.0 Å². The molecule has 0 amide bonds. The van der Waals surface area contributed by atoms with E-state index in [4.69, 9.17) is 16.3 Å². The number of carbonyl (C=O) groups excluding carboxylic acids is 2. The zero-order chi connectivity index (χ0) is 27.9. The molecule has 3 rings (SSSR count). The number of methoxy groups -OCH3 is 1. The van der Waals surface area contributed by atoms with Crippen LogP contribution in [-0.4, -0.2) is 37.0 Å². The van der Waals surface area contributed by atoms with Crippen molar-refractivity contribution in [3.05, 3.63) is 76.1 Å². The van der Waals surface area contributed by atoms with Crippen molar-refractivity contribution in [1.29, 1.82) is 5.26 Å². The van der Waals surface area contributed by atoms with Crippen molar-refractivity contribution in [1.82, 2.24) is 4.98 Å². The highest BCUT2D eigenvalue weighted by Gasteiger charge is 2.33. The van der Waals surface area contributed by atoms with Crippen LogP contribution in [0, 0.1) is 18.3 Å². The van der Waals surface area contributed by atoms with Gasteiger partial charge in [0.15, 0.2) is 5.78 Å². The number of pyridine rings is 1. The van der Waals surface area contributed by atoms with Crippen LogP contribution >= 0.6 is 11.6 Å². The van der Waals surface area contributed by atoms with Gasteiger partial charge in [-0.05, 0) is 49.2 Å². The summed E-state index contributed by atoms with van der Waals surface area (Å²) in [6.45, 7) is 1.99. The second-order valence-electron chi connectivity index (χ2n) is 8.17. The Kier molecular flexibility index (Phi) is 9.31. The van der Waals surface area contributed by atoms with E-state index in [1.165, 1.54) is 25.3 Å². The number of rotatable bonds is 10. The lowest BCUT2D eigenvalue weighted by molar-refractivity contribution is -0.141. The molecule has 7 nitrogen and oxygen atoms in total. The molecule has 0 atom stereocenters. The quantitative estimate of drug-likeness (QED) is 0.183. The maximum Gasteiger partial charge on any atom is 0.433 e. The number of aryl methyl sites for hydroxylation is 1. The number of nitrogens with one attached hydrogen (secondary N) is 1. The molecular weight excluding hydrogens is 523 g/mol. The average Bonchev–Trinajstić information content (AvgIpc) is 2.89. The van der Waals surface area contributed by atoms with Gasteiger partial charge in [0, 0.05) is 34.3 Å². The molecule has 0 bridgehead atoms. The molecule has 1 aromatic heterocycles. The van der Waals surface area contributed by atoms with E-state index in [2.05, 4.69) is 15.0 Å². The number of ketones is 1. The van der Waals surface area contributed by atoms with Gasteiger partial charge in [-0.25, -0.2) is 0 Å². The fourth-order valence-corrected chi connectivity index (χ4v) is 3.80. The van der Waals surface area contributed by atoms with E-state index in [-0.39, 0.29) is 58.6 Å². The van der Waals surface area contributed by atoms with Gasteiger partial charge in [-0.3, -0.25) is 14.6 Å². The van der Waals surface area contributed by atoms with Crippen LogP contribution in [0.1, 0.15) is 40.0 Å². The molecule has 0 aliphatic heterocycles. The third-order valence-corrected chi connectivity index (χ3v) is 5.89. The number of esters is 1. The molecule has 0 fully saturated rings. The maximum atomic E-state index is 13.0. The number of nitrogens with zero attached hydrogens (tertiary/aromatic N) is 2. The number of anilines is 1. The van der Waals surface area contributed by atoms with E-state index in [0.29, 0.717) is 23.9 Å². The Morgan fingerprint density at radius 2 is 1.92 bits per heavy atom. The summed E-state index contributed by atoms with van der Waals surface area (Å²) in [5, 5.41) is 12.6. The Hall–Kier alpha value is -4.10. The van der Waals surface area contributed by atoms with Crippen molar-refractivity contribution < 1.29 is 32.2 Å². The van der Waals surface area contributed by atoms with Crippen molar-refractivity contribution in [3.63, 3.8) is 0 Å². The lowest BCUT2D eigenvalue weighted by atomic mass is 9.98. The predicted molar refractivity (Wildman–Crippen MR) is 135 cm³/mol. The Morgan fingerprint density at radius 3 is 2.61 bits per heavy atom. The van der Waals surface area contributed by atoms with Gasteiger partial charge in [0.2, 0.25) is 0 Å². The third-order valence-electron chi connectivity index (χ3n) is 5.56. The number of hydrogen-bond acceptors (Lipinski definition) is 7. The highest BCUT2D eigenvalue weighted by molar-refractivity contribution is 6.33. The van der Waals surface area contributed by atoms with Crippen LogP contribution in [0.3, 0.4) is 0 Å². The monoisotopic (exact) mass is 545 g/mol. The summed E-state index contributed by atoms with van der Waals surface area (Å²) in [5.74, 6) is -0.159. The van der Waals surface area contributed by atoms with E-state index in [0.717, 1.165) is 11.8 Å². The number of alkyl halides is 3. The molecule has 198 valence electrons. The van der Waals surface area contributed by atoms with Crippen molar-refractivity contribution in [2.75, 3.05) is 25.6 Å². The number of halogens is 4. The standard InChI is InChI=1S/C27H23ClF3N3O4/c1-16-5-3-6-23(38-10-4-7-25(36)37-2)26(16)34-15-22(35)17-8-9-21(28)19(11-17)20-14-33-24(27(29,30)31)12-18(20)13-32/h3,5-6,8-9,11-12,14,34H,4,7,10,15H2,1-2H3. The van der Waals surface area contributed by atoms with Crippen LogP contribution in [0.4, 0.5) is 18.9 Å². The van der Waals surface area contributed by atoms with Gasteiger partial charge >= 0.3 is 12.1 Å². The second kappa shape index (κ2) is 12.4. The number of hydrogen-bond donors (Lipinski definition) is 1. The number of para-hydroxylation sites is 1. The first-order chi connectivity index (χ1) is 18.0. The number of Topliss-reactive ketones (excluding diaryl/α,β-unsaturated/α-hetero) is 1. The molecule has 38 heavy (non-hydrogen) atoms. The number of ether oxygens (including phenoxy) is 2. The maximum absolute atomic E-state index is 13.0. The van der Waals surface area contributed by atoms with E-state index >= 15 is 0 Å². The minimum absolute atomic E-state index is 0.0784. The van der Waals surface area contributed by atoms with Gasteiger partial charge in [-0.1, -0.05) is 23.7 Å². The topological polar surface area (TPSA) is 101 Å². The fourth-order valence-electron chi connectivity index (χ4n) is 3.58. The van der Waals surface area contributed by atoms with Crippen LogP contribution in [0.15, 0.2) is 48.7 Å². The Morgan fingerprint density at radius 1 is 1.16 bits per heavy atom. The highest BCUT2D eigenvalue weighted by atomic mass is 35.5. The van der Waals surface area contributed by atoms with Crippen LogP contribution in [-0.2, 0) is 15.7 Å². The second-order valence-corrected chi connectivity index (χ2v) is 8.58. The normalized spacial score (nSPS) is 11.0. The van der Waals surface area contributed by atoms with Crippen LogP contribution in [0.25, 0.3) is 11.1 Å².